The van der Waals surface area contributed by atoms with Gasteiger partial charge in [0.15, 0.2) is 0 Å². The first-order chi connectivity index (χ1) is 13.6. The van der Waals surface area contributed by atoms with Crippen molar-refractivity contribution in [2.24, 2.45) is 0 Å². The molecule has 0 spiro atoms. The molecule has 7 heteroatoms. The van der Waals surface area contributed by atoms with Crippen LogP contribution in [0, 0.1) is 6.92 Å². The largest absolute Gasteiger partial charge is 0.342 e. The van der Waals surface area contributed by atoms with Crippen LogP contribution >= 0.6 is 0 Å². The number of piperidine rings is 2. The molecule has 0 atom stereocenters. The van der Waals surface area contributed by atoms with E-state index in [1.807, 2.05) is 10.9 Å². The fourth-order valence-corrected chi connectivity index (χ4v) is 4.35. The van der Waals surface area contributed by atoms with Crippen molar-refractivity contribution in [2.75, 3.05) is 31.1 Å². The maximum Gasteiger partial charge on any atom is 0.252 e. The van der Waals surface area contributed by atoms with Gasteiger partial charge in [-0.25, -0.2) is 9.67 Å². The SMILES string of the molecule is C=Cn1ncc(CN2CCC(c3cc(=O)[nH]c(N4CCCCC4)n3)CC2)c1C. The zero-order chi connectivity index (χ0) is 19.5. The van der Waals surface area contributed by atoms with Gasteiger partial charge in [0.25, 0.3) is 5.56 Å². The fraction of sp³-hybridized carbons (Fsp3) is 0.571. The van der Waals surface area contributed by atoms with E-state index in [0.717, 1.165) is 62.9 Å². The lowest BCUT2D eigenvalue weighted by Gasteiger charge is -2.32. The van der Waals surface area contributed by atoms with Crippen LogP contribution in [0.1, 0.15) is 55.0 Å². The highest BCUT2D eigenvalue weighted by molar-refractivity contribution is 5.32. The first kappa shape index (κ1) is 18.9. The number of nitrogens with zero attached hydrogens (tertiary/aromatic N) is 5. The topological polar surface area (TPSA) is 70.1 Å². The maximum absolute atomic E-state index is 12.2. The van der Waals surface area contributed by atoms with Crippen molar-refractivity contribution in [3.05, 3.63) is 46.1 Å². The Morgan fingerprint density at radius 2 is 1.96 bits per heavy atom. The normalized spacial score (nSPS) is 19.1. The van der Waals surface area contributed by atoms with Crippen LogP contribution in [0.25, 0.3) is 6.20 Å². The average Bonchev–Trinajstić information content (AvgIpc) is 3.08. The van der Waals surface area contributed by atoms with Gasteiger partial charge >= 0.3 is 0 Å². The smallest absolute Gasteiger partial charge is 0.252 e. The molecule has 28 heavy (non-hydrogen) atoms. The molecule has 0 aliphatic carbocycles. The molecule has 0 aromatic carbocycles. The summed E-state index contributed by atoms with van der Waals surface area (Å²) in [6, 6.07) is 1.70. The lowest BCUT2D eigenvalue weighted by molar-refractivity contribution is 0.203. The molecule has 0 saturated carbocycles. The van der Waals surface area contributed by atoms with Crippen LogP contribution in [0.15, 0.2) is 23.6 Å². The second-order valence-electron chi connectivity index (χ2n) is 7.97. The van der Waals surface area contributed by atoms with E-state index < -0.39 is 0 Å². The molecule has 2 aliphatic rings. The van der Waals surface area contributed by atoms with Gasteiger partial charge in [0.1, 0.15) is 0 Å². The second-order valence-corrected chi connectivity index (χ2v) is 7.97. The van der Waals surface area contributed by atoms with E-state index in [1.165, 1.54) is 24.8 Å². The van der Waals surface area contributed by atoms with Gasteiger partial charge < -0.3 is 4.90 Å². The molecule has 4 rings (SSSR count). The second kappa shape index (κ2) is 8.31. The molecule has 2 aromatic rings. The summed E-state index contributed by atoms with van der Waals surface area (Å²) in [5, 5.41) is 4.35. The van der Waals surface area contributed by atoms with Gasteiger partial charge in [-0.1, -0.05) is 6.58 Å². The van der Waals surface area contributed by atoms with E-state index in [9.17, 15) is 4.79 Å². The van der Waals surface area contributed by atoms with Crippen LogP contribution in [0.2, 0.25) is 0 Å². The minimum Gasteiger partial charge on any atom is -0.342 e. The fourth-order valence-electron chi connectivity index (χ4n) is 4.35. The summed E-state index contributed by atoms with van der Waals surface area (Å²) in [6.07, 6.45) is 9.36. The van der Waals surface area contributed by atoms with E-state index in [0.29, 0.717) is 5.92 Å². The van der Waals surface area contributed by atoms with Gasteiger partial charge in [-0.3, -0.25) is 14.7 Å². The molecule has 0 radical (unpaired) electrons. The van der Waals surface area contributed by atoms with Crippen molar-refractivity contribution in [1.29, 1.82) is 0 Å². The van der Waals surface area contributed by atoms with Gasteiger partial charge in [-0.05, 0) is 52.1 Å². The number of H-pyrrole nitrogens is 1. The van der Waals surface area contributed by atoms with Crippen LogP contribution in [-0.2, 0) is 6.54 Å². The molecule has 2 saturated heterocycles. The Labute approximate surface area is 166 Å². The zero-order valence-corrected chi connectivity index (χ0v) is 16.7. The van der Waals surface area contributed by atoms with E-state index in [-0.39, 0.29) is 5.56 Å². The van der Waals surface area contributed by atoms with E-state index in [4.69, 9.17) is 4.98 Å². The van der Waals surface area contributed by atoms with Crippen molar-refractivity contribution >= 4 is 12.1 Å². The van der Waals surface area contributed by atoms with Gasteiger partial charge in [0.2, 0.25) is 5.95 Å². The predicted molar refractivity (Wildman–Crippen MR) is 112 cm³/mol. The van der Waals surface area contributed by atoms with E-state index in [2.05, 4.69) is 33.4 Å². The molecule has 2 aliphatic heterocycles. The molecule has 150 valence electrons. The van der Waals surface area contributed by atoms with E-state index in [1.54, 1.807) is 12.3 Å². The highest BCUT2D eigenvalue weighted by atomic mass is 16.1. The Kier molecular flexibility index (Phi) is 5.62. The van der Waals surface area contributed by atoms with Gasteiger partial charge in [-0.2, -0.15) is 5.10 Å². The van der Waals surface area contributed by atoms with Crippen molar-refractivity contribution < 1.29 is 0 Å². The Morgan fingerprint density at radius 3 is 2.64 bits per heavy atom. The number of anilines is 1. The maximum atomic E-state index is 12.2. The standard InChI is InChI=1S/C21H30N6O/c1-3-27-16(2)18(14-22-27)15-25-11-7-17(8-12-25)19-13-20(28)24-21(23-19)26-9-5-4-6-10-26/h3,13-14,17H,1,4-12,15H2,2H3,(H,23,24,28). The lowest BCUT2D eigenvalue weighted by Crippen LogP contribution is -2.35. The third kappa shape index (κ3) is 4.04. The summed E-state index contributed by atoms with van der Waals surface area (Å²) in [7, 11) is 0. The van der Waals surface area contributed by atoms with Crippen LogP contribution < -0.4 is 10.5 Å². The van der Waals surface area contributed by atoms with Crippen molar-refractivity contribution in [3.63, 3.8) is 0 Å². The predicted octanol–water partition coefficient (Wildman–Crippen LogP) is 2.75. The zero-order valence-electron chi connectivity index (χ0n) is 16.7. The molecule has 7 nitrogen and oxygen atoms in total. The Hall–Kier alpha value is -2.41. The van der Waals surface area contributed by atoms with E-state index >= 15 is 0 Å². The Balaban J connectivity index is 1.40. The average molecular weight is 383 g/mol. The number of likely N-dealkylation sites (tertiary alicyclic amines) is 1. The van der Waals surface area contributed by atoms with Crippen molar-refractivity contribution in [3.8, 4) is 0 Å². The molecule has 2 aromatic heterocycles. The summed E-state index contributed by atoms with van der Waals surface area (Å²) in [5.41, 5.74) is 3.33. The number of nitrogens with one attached hydrogen (secondary N) is 1. The molecule has 4 heterocycles. The van der Waals surface area contributed by atoms with Gasteiger partial charge in [0.05, 0.1) is 11.9 Å². The summed E-state index contributed by atoms with van der Waals surface area (Å²) in [6.45, 7) is 10.8. The lowest BCUT2D eigenvalue weighted by atomic mass is 9.93. The van der Waals surface area contributed by atoms with Crippen molar-refractivity contribution in [1.82, 2.24) is 24.6 Å². The molecule has 0 unspecified atom stereocenters. The summed E-state index contributed by atoms with van der Waals surface area (Å²) < 4.78 is 1.82. The van der Waals surface area contributed by atoms with Crippen molar-refractivity contribution in [2.45, 2.75) is 51.5 Å². The molecule has 0 amide bonds. The Bertz CT molecular complexity index is 871. The van der Waals surface area contributed by atoms with Gasteiger partial charge in [-0.15, -0.1) is 0 Å². The third-order valence-electron chi connectivity index (χ3n) is 6.12. The Morgan fingerprint density at radius 1 is 1.21 bits per heavy atom. The monoisotopic (exact) mass is 382 g/mol. The minimum atomic E-state index is -0.0273. The first-order valence-electron chi connectivity index (χ1n) is 10.4. The van der Waals surface area contributed by atoms with Gasteiger partial charge in [0, 0.05) is 49.1 Å². The quantitative estimate of drug-likeness (QED) is 0.861. The summed E-state index contributed by atoms with van der Waals surface area (Å²) in [5.74, 6) is 1.12. The highest BCUT2D eigenvalue weighted by Crippen LogP contribution is 2.28. The molecule has 1 N–H and O–H groups in total. The minimum absolute atomic E-state index is 0.0273. The number of rotatable bonds is 5. The number of aromatic amines is 1. The number of hydrogen-bond donors (Lipinski definition) is 1. The number of hydrogen-bond acceptors (Lipinski definition) is 5. The molecule has 2 fully saturated rings. The highest BCUT2D eigenvalue weighted by Gasteiger charge is 2.24. The molecule has 0 bridgehead atoms. The molecular weight excluding hydrogens is 352 g/mol. The summed E-state index contributed by atoms with van der Waals surface area (Å²) in [4.78, 5) is 24.7. The third-order valence-corrected chi connectivity index (χ3v) is 6.12. The van der Waals surface area contributed by atoms with Crippen LogP contribution in [0.3, 0.4) is 0 Å². The summed E-state index contributed by atoms with van der Waals surface area (Å²) >= 11 is 0. The first-order valence-corrected chi connectivity index (χ1v) is 10.4. The molecular formula is C21H30N6O. The van der Waals surface area contributed by atoms with Crippen LogP contribution in [0.4, 0.5) is 5.95 Å². The van der Waals surface area contributed by atoms with Crippen LogP contribution in [0.5, 0.6) is 0 Å². The van der Waals surface area contributed by atoms with Crippen LogP contribution in [-0.4, -0.2) is 50.8 Å². The number of aromatic nitrogens is 4.